The first-order valence-electron chi connectivity index (χ1n) is 6.25. The van der Waals surface area contributed by atoms with Gasteiger partial charge in [0.25, 0.3) is 0 Å². The first kappa shape index (κ1) is 13.5. The summed E-state index contributed by atoms with van der Waals surface area (Å²) in [5.74, 6) is 1.41. The van der Waals surface area contributed by atoms with E-state index in [1.807, 2.05) is 0 Å². The van der Waals surface area contributed by atoms with Crippen LogP contribution in [0.4, 0.5) is 0 Å². The molecule has 0 aliphatic heterocycles. The van der Waals surface area contributed by atoms with E-state index in [4.69, 9.17) is 26.8 Å². The van der Waals surface area contributed by atoms with Crippen LogP contribution in [0.3, 0.4) is 0 Å². The molecular formula is C14H20ClNO2. The molecular weight excluding hydrogens is 250 g/mol. The molecule has 0 unspecified atom stereocenters. The van der Waals surface area contributed by atoms with Crippen LogP contribution >= 0.6 is 11.6 Å². The number of aryl methyl sites for hydroxylation is 1. The van der Waals surface area contributed by atoms with Crippen molar-refractivity contribution in [3.8, 4) is 11.5 Å². The summed E-state index contributed by atoms with van der Waals surface area (Å²) < 4.78 is 10.8. The molecule has 1 fully saturated rings. The molecule has 1 aliphatic carbocycles. The van der Waals surface area contributed by atoms with E-state index in [1.165, 1.54) is 0 Å². The van der Waals surface area contributed by atoms with Gasteiger partial charge in [-0.3, -0.25) is 0 Å². The molecule has 0 heterocycles. The number of benzene rings is 1. The minimum Gasteiger partial charge on any atom is -0.495 e. The van der Waals surface area contributed by atoms with Crippen LogP contribution in [0, 0.1) is 0 Å². The van der Waals surface area contributed by atoms with Gasteiger partial charge in [0.2, 0.25) is 0 Å². The number of halogens is 1. The fourth-order valence-electron chi connectivity index (χ4n) is 2.28. The summed E-state index contributed by atoms with van der Waals surface area (Å²) in [6.45, 7) is 2.08. The molecule has 0 bridgehead atoms. The van der Waals surface area contributed by atoms with E-state index in [0.717, 1.165) is 36.8 Å². The van der Waals surface area contributed by atoms with Gasteiger partial charge in [0, 0.05) is 5.54 Å². The van der Waals surface area contributed by atoms with E-state index in [2.05, 4.69) is 13.0 Å². The molecule has 0 atom stereocenters. The van der Waals surface area contributed by atoms with Gasteiger partial charge in [-0.1, -0.05) is 18.5 Å². The van der Waals surface area contributed by atoms with Crippen molar-refractivity contribution in [2.75, 3.05) is 14.2 Å². The summed E-state index contributed by atoms with van der Waals surface area (Å²) >= 11 is 6.36. The maximum absolute atomic E-state index is 6.36. The van der Waals surface area contributed by atoms with Crippen molar-refractivity contribution < 1.29 is 9.47 Å². The van der Waals surface area contributed by atoms with Crippen molar-refractivity contribution in [3.63, 3.8) is 0 Å². The van der Waals surface area contributed by atoms with E-state index in [0.29, 0.717) is 16.5 Å². The first-order valence-corrected chi connectivity index (χ1v) is 6.63. The Bertz CT molecular complexity index is 456. The summed E-state index contributed by atoms with van der Waals surface area (Å²) in [5.41, 5.74) is 8.31. The van der Waals surface area contributed by atoms with Gasteiger partial charge in [-0.25, -0.2) is 0 Å². The van der Waals surface area contributed by atoms with Crippen molar-refractivity contribution in [1.29, 1.82) is 0 Å². The second kappa shape index (κ2) is 4.98. The number of hydrogen-bond donors (Lipinski definition) is 1. The second-order valence-corrected chi connectivity index (χ2v) is 5.35. The Kier molecular flexibility index (Phi) is 3.74. The fraction of sp³-hybridized carbons (Fsp3) is 0.571. The second-order valence-electron chi connectivity index (χ2n) is 4.97. The zero-order valence-corrected chi connectivity index (χ0v) is 11.9. The van der Waals surface area contributed by atoms with Crippen molar-refractivity contribution in [1.82, 2.24) is 0 Å². The van der Waals surface area contributed by atoms with Gasteiger partial charge in [0.05, 0.1) is 14.2 Å². The summed E-state index contributed by atoms with van der Waals surface area (Å²) in [6.07, 6.45) is 3.83. The van der Waals surface area contributed by atoms with Crippen LogP contribution in [0.15, 0.2) is 6.07 Å². The zero-order valence-electron chi connectivity index (χ0n) is 11.2. The molecule has 0 spiro atoms. The molecule has 18 heavy (non-hydrogen) atoms. The maximum Gasteiger partial charge on any atom is 0.144 e. The molecule has 2 N–H and O–H groups in total. The van der Waals surface area contributed by atoms with Gasteiger partial charge >= 0.3 is 0 Å². The van der Waals surface area contributed by atoms with Crippen LogP contribution < -0.4 is 15.2 Å². The highest BCUT2D eigenvalue weighted by molar-refractivity contribution is 6.33. The number of methoxy groups -OCH3 is 2. The Balaban J connectivity index is 2.47. The molecule has 1 aromatic rings. The molecule has 100 valence electrons. The van der Waals surface area contributed by atoms with Crippen LogP contribution in [-0.2, 0) is 12.8 Å². The first-order chi connectivity index (χ1) is 8.54. The number of hydrogen-bond acceptors (Lipinski definition) is 3. The molecule has 1 saturated carbocycles. The average Bonchev–Trinajstić information content (AvgIpc) is 3.06. The maximum atomic E-state index is 6.36. The lowest BCUT2D eigenvalue weighted by Gasteiger charge is -2.18. The van der Waals surface area contributed by atoms with E-state index in [1.54, 1.807) is 14.2 Å². The largest absolute Gasteiger partial charge is 0.495 e. The summed E-state index contributed by atoms with van der Waals surface area (Å²) in [4.78, 5) is 0. The Morgan fingerprint density at radius 2 is 1.78 bits per heavy atom. The molecule has 2 rings (SSSR count). The van der Waals surface area contributed by atoms with Crippen molar-refractivity contribution >= 4 is 11.6 Å². The topological polar surface area (TPSA) is 44.5 Å². The Morgan fingerprint density at radius 3 is 2.22 bits per heavy atom. The molecule has 1 aromatic carbocycles. The average molecular weight is 270 g/mol. The highest BCUT2D eigenvalue weighted by Crippen LogP contribution is 2.44. The van der Waals surface area contributed by atoms with Gasteiger partial charge in [-0.15, -0.1) is 0 Å². The highest BCUT2D eigenvalue weighted by Gasteiger charge is 2.39. The highest BCUT2D eigenvalue weighted by atomic mass is 35.5. The van der Waals surface area contributed by atoms with E-state index in [9.17, 15) is 0 Å². The van der Waals surface area contributed by atoms with E-state index in [-0.39, 0.29) is 5.54 Å². The third-order valence-corrected chi connectivity index (χ3v) is 3.90. The van der Waals surface area contributed by atoms with Gasteiger partial charge in [0.15, 0.2) is 0 Å². The van der Waals surface area contributed by atoms with Crippen LogP contribution in [0.1, 0.15) is 30.9 Å². The molecule has 1 aliphatic rings. The SMILES string of the molecule is CCc1cc(CC2(N)CC2)c(OC)c(Cl)c1OC. The van der Waals surface area contributed by atoms with E-state index < -0.39 is 0 Å². The van der Waals surface area contributed by atoms with Crippen molar-refractivity contribution in [2.45, 2.75) is 38.1 Å². The Labute approximate surface area is 113 Å². The van der Waals surface area contributed by atoms with Gasteiger partial charge in [-0.05, 0) is 42.9 Å². The van der Waals surface area contributed by atoms with Crippen molar-refractivity contribution in [2.24, 2.45) is 5.73 Å². The number of nitrogens with two attached hydrogens (primary N) is 1. The fourth-order valence-corrected chi connectivity index (χ4v) is 2.68. The van der Waals surface area contributed by atoms with Crippen LogP contribution in [0.2, 0.25) is 5.02 Å². The van der Waals surface area contributed by atoms with E-state index >= 15 is 0 Å². The summed E-state index contributed by atoms with van der Waals surface area (Å²) in [5, 5.41) is 0.554. The third kappa shape index (κ3) is 2.43. The van der Waals surface area contributed by atoms with Gasteiger partial charge < -0.3 is 15.2 Å². The minimum absolute atomic E-state index is 0.0593. The minimum atomic E-state index is -0.0593. The van der Waals surface area contributed by atoms with Crippen LogP contribution in [0.25, 0.3) is 0 Å². The Morgan fingerprint density at radius 1 is 1.22 bits per heavy atom. The quantitative estimate of drug-likeness (QED) is 0.894. The normalized spacial score (nSPS) is 16.5. The molecule has 0 radical (unpaired) electrons. The zero-order chi connectivity index (χ0) is 13.3. The molecule has 0 saturated heterocycles. The standard InChI is InChI=1S/C14H20ClNO2/c1-4-9-7-10(8-14(16)5-6-14)13(18-3)11(15)12(9)17-2/h7H,4-6,8,16H2,1-3H3. The summed E-state index contributed by atoms with van der Waals surface area (Å²) in [6, 6.07) is 2.11. The Hall–Kier alpha value is -0.930. The van der Waals surface area contributed by atoms with Crippen molar-refractivity contribution in [3.05, 3.63) is 22.2 Å². The summed E-state index contributed by atoms with van der Waals surface area (Å²) in [7, 11) is 3.26. The van der Waals surface area contributed by atoms with Crippen LogP contribution in [-0.4, -0.2) is 19.8 Å². The molecule has 0 aromatic heterocycles. The van der Waals surface area contributed by atoms with Gasteiger partial charge in [0.1, 0.15) is 16.5 Å². The number of ether oxygens (including phenoxy) is 2. The molecule has 4 heteroatoms. The predicted molar refractivity (Wildman–Crippen MR) is 73.8 cm³/mol. The lowest BCUT2D eigenvalue weighted by atomic mass is 9.99. The molecule has 3 nitrogen and oxygen atoms in total. The lowest BCUT2D eigenvalue weighted by Crippen LogP contribution is -2.25. The predicted octanol–water partition coefficient (Wildman–Crippen LogP) is 2.95. The monoisotopic (exact) mass is 269 g/mol. The number of rotatable bonds is 5. The van der Waals surface area contributed by atoms with Gasteiger partial charge in [-0.2, -0.15) is 0 Å². The smallest absolute Gasteiger partial charge is 0.144 e. The van der Waals surface area contributed by atoms with Crippen LogP contribution in [0.5, 0.6) is 11.5 Å². The molecule has 0 amide bonds. The third-order valence-electron chi connectivity index (χ3n) is 3.55. The lowest BCUT2D eigenvalue weighted by molar-refractivity contribution is 0.387.